The van der Waals surface area contributed by atoms with Gasteiger partial charge in [0.15, 0.2) is 0 Å². The van der Waals surface area contributed by atoms with E-state index in [0.717, 1.165) is 9.80 Å². The summed E-state index contributed by atoms with van der Waals surface area (Å²) in [6.45, 7) is 1.30. The van der Waals surface area contributed by atoms with Gasteiger partial charge < -0.3 is 0 Å². The molecule has 0 unspecified atom stereocenters. The Labute approximate surface area is 141 Å². The van der Waals surface area contributed by atoms with Crippen LogP contribution >= 0.6 is 11.8 Å². The highest BCUT2D eigenvalue weighted by Gasteiger charge is 2.28. The third-order valence-corrected chi connectivity index (χ3v) is 4.59. The maximum atomic E-state index is 12.4. The number of hydrogen-bond acceptors (Lipinski definition) is 5. The first-order valence-electron chi connectivity index (χ1n) is 7.05. The minimum atomic E-state index is -0.553. The Balaban J connectivity index is 2.05. The number of ketones is 1. The maximum absolute atomic E-state index is 12.4. The van der Waals surface area contributed by atoms with Gasteiger partial charge in [-0.1, -0.05) is 36.0 Å². The van der Waals surface area contributed by atoms with Gasteiger partial charge in [0, 0.05) is 29.6 Å². The van der Waals surface area contributed by atoms with Gasteiger partial charge in [0.25, 0.3) is 5.69 Å². The summed E-state index contributed by atoms with van der Waals surface area (Å²) in [6, 6.07) is 13.1. The lowest BCUT2D eigenvalue weighted by Gasteiger charge is -2.17. The van der Waals surface area contributed by atoms with Crippen LogP contribution < -0.4 is 4.90 Å². The number of hydrogen-bond donors (Lipinski definition) is 0. The fourth-order valence-corrected chi connectivity index (χ4v) is 3.41. The van der Waals surface area contributed by atoms with Gasteiger partial charge in [0.2, 0.25) is 11.7 Å². The zero-order chi connectivity index (χ0) is 17.3. The topological polar surface area (TPSA) is 80.5 Å². The van der Waals surface area contributed by atoms with Crippen LogP contribution in [0.2, 0.25) is 0 Å². The largest absolute Gasteiger partial charge is 0.293 e. The Morgan fingerprint density at radius 1 is 1.17 bits per heavy atom. The SMILES string of the molecule is CC(=O)N(C=C1Sc2ccccc2C1=O)c1ccccc1[N+](=O)[O-]. The van der Waals surface area contributed by atoms with Gasteiger partial charge in [-0.3, -0.25) is 24.6 Å². The molecule has 120 valence electrons. The molecule has 0 fully saturated rings. The lowest BCUT2D eigenvalue weighted by Crippen LogP contribution is -2.23. The fourth-order valence-electron chi connectivity index (χ4n) is 2.40. The molecule has 0 atom stereocenters. The van der Waals surface area contributed by atoms with Crippen molar-refractivity contribution in [3.63, 3.8) is 0 Å². The summed E-state index contributed by atoms with van der Waals surface area (Å²) in [7, 11) is 0. The van der Waals surface area contributed by atoms with Crippen molar-refractivity contribution in [2.24, 2.45) is 0 Å². The molecule has 1 heterocycles. The molecule has 0 spiro atoms. The second-order valence-corrected chi connectivity index (χ2v) is 6.14. The maximum Gasteiger partial charge on any atom is 0.293 e. The van der Waals surface area contributed by atoms with Crippen molar-refractivity contribution >= 4 is 34.8 Å². The molecule has 24 heavy (non-hydrogen) atoms. The third kappa shape index (κ3) is 2.81. The molecule has 3 rings (SSSR count). The van der Waals surface area contributed by atoms with Gasteiger partial charge >= 0.3 is 0 Å². The number of Topliss-reactive ketones (excluding diaryl/α,β-unsaturated/α-hetero) is 1. The van der Waals surface area contributed by atoms with Crippen LogP contribution in [-0.2, 0) is 4.79 Å². The average molecular weight is 340 g/mol. The number of nitrogens with zero attached hydrogens (tertiary/aromatic N) is 2. The summed E-state index contributed by atoms with van der Waals surface area (Å²) in [5.74, 6) is -0.610. The molecule has 0 saturated carbocycles. The number of nitro benzene ring substituents is 1. The second-order valence-electron chi connectivity index (χ2n) is 5.06. The first-order valence-corrected chi connectivity index (χ1v) is 7.87. The predicted octanol–water partition coefficient (Wildman–Crippen LogP) is 3.78. The van der Waals surface area contributed by atoms with Crippen LogP contribution in [0.4, 0.5) is 11.4 Å². The van der Waals surface area contributed by atoms with Crippen LogP contribution in [0, 0.1) is 10.1 Å². The molecule has 0 N–H and O–H groups in total. The Hall–Kier alpha value is -2.93. The standard InChI is InChI=1S/C17H12N2O4S/c1-11(20)18(13-7-3-4-8-14(13)19(22)23)10-16-17(21)12-6-2-5-9-15(12)24-16/h2-10H,1H3. The quantitative estimate of drug-likeness (QED) is 0.482. The highest BCUT2D eigenvalue weighted by molar-refractivity contribution is 8.04. The summed E-state index contributed by atoms with van der Waals surface area (Å²) in [6.07, 6.45) is 1.37. The van der Waals surface area contributed by atoms with E-state index < -0.39 is 10.8 Å². The lowest BCUT2D eigenvalue weighted by atomic mass is 10.1. The Kier molecular flexibility index (Phi) is 4.18. The zero-order valence-electron chi connectivity index (χ0n) is 12.6. The van der Waals surface area contributed by atoms with Crippen molar-refractivity contribution in [2.45, 2.75) is 11.8 Å². The second kappa shape index (κ2) is 6.29. The van der Waals surface area contributed by atoms with Crippen molar-refractivity contribution in [2.75, 3.05) is 4.90 Å². The van der Waals surface area contributed by atoms with Crippen LogP contribution in [0.3, 0.4) is 0 Å². The van der Waals surface area contributed by atoms with Crippen LogP contribution in [-0.4, -0.2) is 16.6 Å². The first kappa shape index (κ1) is 15.9. The van der Waals surface area contributed by atoms with Gasteiger partial charge in [0.05, 0.1) is 9.83 Å². The van der Waals surface area contributed by atoms with Crippen LogP contribution in [0.15, 0.2) is 64.5 Å². The molecule has 6 nitrogen and oxygen atoms in total. The molecule has 0 bridgehead atoms. The average Bonchev–Trinajstić information content (AvgIpc) is 2.89. The molecule has 0 saturated heterocycles. The Bertz CT molecular complexity index is 892. The number of nitro groups is 1. The number of carbonyl (C=O) groups is 2. The number of anilines is 1. The molecule has 0 radical (unpaired) electrons. The summed E-state index contributed by atoms with van der Waals surface area (Å²) in [4.78, 5) is 37.4. The summed E-state index contributed by atoms with van der Waals surface area (Å²) < 4.78 is 0. The molecule has 7 heteroatoms. The molecule has 1 aliphatic rings. The van der Waals surface area contributed by atoms with E-state index in [9.17, 15) is 19.7 Å². The van der Waals surface area contributed by atoms with Gasteiger partial charge in [-0.15, -0.1) is 0 Å². The minimum Gasteiger partial charge on any atom is -0.288 e. The van der Waals surface area contributed by atoms with E-state index in [-0.39, 0.29) is 17.2 Å². The van der Waals surface area contributed by atoms with Gasteiger partial charge in [-0.2, -0.15) is 0 Å². The van der Waals surface area contributed by atoms with Gasteiger partial charge in [-0.25, -0.2) is 0 Å². The van der Waals surface area contributed by atoms with E-state index in [0.29, 0.717) is 10.5 Å². The number of amides is 1. The minimum absolute atomic E-state index is 0.131. The monoisotopic (exact) mass is 340 g/mol. The molecule has 0 aliphatic carbocycles. The number of benzene rings is 2. The van der Waals surface area contributed by atoms with Gasteiger partial charge in [-0.05, 0) is 18.2 Å². The van der Waals surface area contributed by atoms with E-state index in [1.165, 1.54) is 43.1 Å². The number of fused-ring (bicyclic) bond motifs is 1. The van der Waals surface area contributed by atoms with Crippen LogP contribution in [0.25, 0.3) is 0 Å². The van der Waals surface area contributed by atoms with E-state index >= 15 is 0 Å². The molecule has 0 aromatic heterocycles. The molecule has 1 aliphatic heterocycles. The van der Waals surface area contributed by atoms with Crippen molar-refractivity contribution in [3.8, 4) is 0 Å². The van der Waals surface area contributed by atoms with Crippen molar-refractivity contribution in [3.05, 3.63) is 75.3 Å². The van der Waals surface area contributed by atoms with E-state index in [2.05, 4.69) is 0 Å². The van der Waals surface area contributed by atoms with Crippen molar-refractivity contribution in [1.82, 2.24) is 0 Å². The van der Waals surface area contributed by atoms with Gasteiger partial charge in [0.1, 0.15) is 5.69 Å². The highest BCUT2D eigenvalue weighted by atomic mass is 32.2. The van der Waals surface area contributed by atoms with E-state index in [4.69, 9.17) is 0 Å². The number of rotatable bonds is 3. The Morgan fingerprint density at radius 3 is 2.50 bits per heavy atom. The molecular weight excluding hydrogens is 328 g/mol. The molecule has 2 aromatic rings. The van der Waals surface area contributed by atoms with E-state index in [1.807, 2.05) is 12.1 Å². The number of para-hydroxylation sites is 2. The lowest BCUT2D eigenvalue weighted by molar-refractivity contribution is -0.384. The molecule has 2 aromatic carbocycles. The predicted molar refractivity (Wildman–Crippen MR) is 91.0 cm³/mol. The number of thioether (sulfide) groups is 1. The zero-order valence-corrected chi connectivity index (χ0v) is 13.4. The third-order valence-electron chi connectivity index (χ3n) is 3.50. The smallest absolute Gasteiger partial charge is 0.288 e. The molecule has 1 amide bonds. The fraction of sp³-hybridized carbons (Fsp3) is 0.0588. The van der Waals surface area contributed by atoms with Crippen molar-refractivity contribution in [1.29, 1.82) is 0 Å². The summed E-state index contributed by atoms with van der Waals surface area (Å²) in [5, 5.41) is 11.2. The number of allylic oxidation sites excluding steroid dienone is 1. The summed E-state index contributed by atoms with van der Waals surface area (Å²) >= 11 is 1.25. The van der Waals surface area contributed by atoms with Crippen LogP contribution in [0.5, 0.6) is 0 Å². The van der Waals surface area contributed by atoms with E-state index in [1.54, 1.807) is 18.2 Å². The Morgan fingerprint density at radius 2 is 1.83 bits per heavy atom. The van der Waals surface area contributed by atoms with Crippen LogP contribution in [0.1, 0.15) is 17.3 Å². The highest BCUT2D eigenvalue weighted by Crippen LogP contribution is 2.40. The summed E-state index contributed by atoms with van der Waals surface area (Å²) in [5.41, 5.74) is 0.504. The van der Waals surface area contributed by atoms with Crippen molar-refractivity contribution < 1.29 is 14.5 Å². The normalized spacial score (nSPS) is 14.5. The number of carbonyl (C=O) groups excluding carboxylic acids is 2. The molecular formula is C17H12N2O4S. The first-order chi connectivity index (χ1) is 11.5.